The van der Waals surface area contributed by atoms with Crippen LogP contribution < -0.4 is 10.1 Å². The predicted molar refractivity (Wildman–Crippen MR) is 69.0 cm³/mol. The minimum Gasteiger partial charge on any atom is -0.481 e. The lowest BCUT2D eigenvalue weighted by Gasteiger charge is -2.08. The monoisotopic (exact) mass is 278 g/mol. The standard InChI is InChI=1S/C12H11ClN4O2/c1-19-11-9(7-16-12(13)17-11)6-15-10(18)8-3-2-4-14-5-8/h2-5,7H,6H2,1H3,(H,15,18). The smallest absolute Gasteiger partial charge is 0.253 e. The number of pyridine rings is 1. The molecule has 0 radical (unpaired) electrons. The highest BCUT2D eigenvalue weighted by Crippen LogP contribution is 2.15. The Hall–Kier alpha value is -2.21. The number of nitrogens with zero attached hydrogens (tertiary/aromatic N) is 3. The maximum absolute atomic E-state index is 11.8. The number of carbonyl (C=O) groups excluding carboxylic acids is 1. The van der Waals surface area contributed by atoms with Crippen LogP contribution in [-0.2, 0) is 6.54 Å². The summed E-state index contributed by atoms with van der Waals surface area (Å²) in [5.74, 6) is 0.108. The van der Waals surface area contributed by atoms with Crippen LogP contribution >= 0.6 is 11.6 Å². The van der Waals surface area contributed by atoms with Crippen molar-refractivity contribution in [1.29, 1.82) is 0 Å². The largest absolute Gasteiger partial charge is 0.481 e. The average Bonchev–Trinajstić information content (AvgIpc) is 2.46. The normalized spacial score (nSPS) is 10.0. The molecule has 0 aliphatic heterocycles. The highest BCUT2D eigenvalue weighted by atomic mass is 35.5. The van der Waals surface area contributed by atoms with Gasteiger partial charge < -0.3 is 10.1 Å². The van der Waals surface area contributed by atoms with Gasteiger partial charge in [0.1, 0.15) is 0 Å². The van der Waals surface area contributed by atoms with Crippen molar-refractivity contribution in [3.63, 3.8) is 0 Å². The molecule has 1 N–H and O–H groups in total. The van der Waals surface area contributed by atoms with E-state index in [1.54, 1.807) is 18.3 Å². The average molecular weight is 279 g/mol. The van der Waals surface area contributed by atoms with Crippen molar-refractivity contribution >= 4 is 17.5 Å². The quantitative estimate of drug-likeness (QED) is 0.857. The number of halogens is 1. The molecule has 0 aliphatic rings. The first-order chi connectivity index (χ1) is 9.20. The number of hydrogen-bond donors (Lipinski definition) is 1. The van der Waals surface area contributed by atoms with Crippen LogP contribution in [0.15, 0.2) is 30.7 Å². The Bertz CT molecular complexity index is 577. The first-order valence-corrected chi connectivity index (χ1v) is 5.82. The van der Waals surface area contributed by atoms with Crippen molar-refractivity contribution in [3.8, 4) is 5.88 Å². The van der Waals surface area contributed by atoms with Gasteiger partial charge in [0.05, 0.1) is 18.2 Å². The Morgan fingerprint density at radius 3 is 3.00 bits per heavy atom. The highest BCUT2D eigenvalue weighted by molar-refractivity contribution is 6.28. The molecule has 98 valence electrons. The summed E-state index contributed by atoms with van der Waals surface area (Å²) in [6, 6.07) is 3.37. The zero-order valence-corrected chi connectivity index (χ0v) is 10.9. The van der Waals surface area contributed by atoms with Crippen molar-refractivity contribution in [2.75, 3.05) is 7.11 Å². The van der Waals surface area contributed by atoms with Gasteiger partial charge in [0, 0.05) is 25.1 Å². The number of carbonyl (C=O) groups is 1. The lowest BCUT2D eigenvalue weighted by atomic mass is 10.2. The van der Waals surface area contributed by atoms with Gasteiger partial charge in [0.25, 0.3) is 5.91 Å². The summed E-state index contributed by atoms with van der Waals surface area (Å²) in [7, 11) is 1.48. The molecule has 2 rings (SSSR count). The van der Waals surface area contributed by atoms with Gasteiger partial charge in [-0.2, -0.15) is 4.98 Å². The van der Waals surface area contributed by atoms with Gasteiger partial charge in [0.2, 0.25) is 11.2 Å². The van der Waals surface area contributed by atoms with Gasteiger partial charge >= 0.3 is 0 Å². The maximum Gasteiger partial charge on any atom is 0.253 e. The first-order valence-electron chi connectivity index (χ1n) is 5.44. The molecule has 2 heterocycles. The van der Waals surface area contributed by atoms with E-state index < -0.39 is 0 Å². The summed E-state index contributed by atoms with van der Waals surface area (Å²) >= 11 is 5.66. The molecular formula is C12H11ClN4O2. The van der Waals surface area contributed by atoms with Gasteiger partial charge in [-0.3, -0.25) is 9.78 Å². The van der Waals surface area contributed by atoms with E-state index in [-0.39, 0.29) is 17.7 Å². The van der Waals surface area contributed by atoms with Crippen LogP contribution in [0.3, 0.4) is 0 Å². The van der Waals surface area contributed by atoms with Gasteiger partial charge in [-0.15, -0.1) is 0 Å². The van der Waals surface area contributed by atoms with Crippen LogP contribution in [0.25, 0.3) is 0 Å². The summed E-state index contributed by atoms with van der Waals surface area (Å²) in [5, 5.41) is 2.82. The fourth-order valence-electron chi connectivity index (χ4n) is 1.44. The summed E-state index contributed by atoms with van der Waals surface area (Å²) in [6.07, 6.45) is 4.61. The third-order valence-electron chi connectivity index (χ3n) is 2.35. The van der Waals surface area contributed by atoms with Crippen molar-refractivity contribution in [2.24, 2.45) is 0 Å². The molecule has 2 aromatic heterocycles. The van der Waals surface area contributed by atoms with Gasteiger partial charge in [-0.1, -0.05) is 0 Å². The second kappa shape index (κ2) is 6.10. The number of ether oxygens (including phenoxy) is 1. The Labute approximate surface area is 114 Å². The summed E-state index contributed by atoms with van der Waals surface area (Å²) in [5.41, 5.74) is 1.13. The number of rotatable bonds is 4. The van der Waals surface area contributed by atoms with Crippen molar-refractivity contribution in [3.05, 3.63) is 47.1 Å². The lowest BCUT2D eigenvalue weighted by Crippen LogP contribution is -2.23. The van der Waals surface area contributed by atoms with Crippen molar-refractivity contribution in [1.82, 2.24) is 20.3 Å². The SMILES string of the molecule is COc1nc(Cl)ncc1CNC(=O)c1cccnc1. The number of hydrogen-bond acceptors (Lipinski definition) is 5. The Balaban J connectivity index is 2.05. The molecule has 1 amide bonds. The lowest BCUT2D eigenvalue weighted by molar-refractivity contribution is 0.0950. The number of amides is 1. The van der Waals surface area contributed by atoms with Crippen LogP contribution in [0.1, 0.15) is 15.9 Å². The van der Waals surface area contributed by atoms with E-state index in [0.29, 0.717) is 17.0 Å². The van der Waals surface area contributed by atoms with E-state index in [1.807, 2.05) is 0 Å². The molecule has 0 atom stereocenters. The summed E-state index contributed by atoms with van der Waals surface area (Å²) < 4.78 is 5.06. The predicted octanol–water partition coefficient (Wildman–Crippen LogP) is 1.46. The topological polar surface area (TPSA) is 77.0 Å². The van der Waals surface area contributed by atoms with E-state index in [1.165, 1.54) is 19.5 Å². The van der Waals surface area contributed by atoms with E-state index >= 15 is 0 Å². The third-order valence-corrected chi connectivity index (χ3v) is 2.53. The zero-order chi connectivity index (χ0) is 13.7. The molecule has 0 aromatic carbocycles. The third kappa shape index (κ3) is 3.38. The van der Waals surface area contributed by atoms with Crippen molar-refractivity contribution < 1.29 is 9.53 Å². The molecule has 0 spiro atoms. The molecule has 7 heteroatoms. The van der Waals surface area contributed by atoms with Crippen LogP contribution in [0.2, 0.25) is 5.28 Å². The molecule has 6 nitrogen and oxygen atoms in total. The molecule has 0 saturated heterocycles. The molecular weight excluding hydrogens is 268 g/mol. The number of methoxy groups -OCH3 is 1. The minimum atomic E-state index is -0.231. The summed E-state index contributed by atoms with van der Waals surface area (Å²) in [6.45, 7) is 0.244. The Morgan fingerprint density at radius 1 is 1.47 bits per heavy atom. The van der Waals surface area contributed by atoms with Crippen LogP contribution in [0.5, 0.6) is 5.88 Å². The Kier molecular flexibility index (Phi) is 4.25. The Morgan fingerprint density at radius 2 is 2.32 bits per heavy atom. The minimum absolute atomic E-state index is 0.0965. The van der Waals surface area contributed by atoms with E-state index in [9.17, 15) is 4.79 Å². The van der Waals surface area contributed by atoms with Gasteiger partial charge in [0.15, 0.2) is 0 Å². The maximum atomic E-state index is 11.8. The van der Waals surface area contributed by atoms with Crippen LogP contribution in [0, 0.1) is 0 Å². The molecule has 0 aliphatic carbocycles. The highest BCUT2D eigenvalue weighted by Gasteiger charge is 2.09. The van der Waals surface area contributed by atoms with E-state index in [4.69, 9.17) is 16.3 Å². The fourth-order valence-corrected chi connectivity index (χ4v) is 1.57. The van der Waals surface area contributed by atoms with E-state index in [2.05, 4.69) is 20.3 Å². The molecule has 19 heavy (non-hydrogen) atoms. The molecule has 2 aromatic rings. The molecule has 0 saturated carbocycles. The van der Waals surface area contributed by atoms with Crippen molar-refractivity contribution in [2.45, 2.75) is 6.54 Å². The van der Waals surface area contributed by atoms with Gasteiger partial charge in [-0.25, -0.2) is 4.98 Å². The van der Waals surface area contributed by atoms with E-state index in [0.717, 1.165) is 0 Å². The first kappa shape index (κ1) is 13.2. The summed E-state index contributed by atoms with van der Waals surface area (Å²) in [4.78, 5) is 23.5. The van der Waals surface area contributed by atoms with Crippen LogP contribution in [0.4, 0.5) is 0 Å². The molecule has 0 fully saturated rings. The number of nitrogens with one attached hydrogen (secondary N) is 1. The van der Waals surface area contributed by atoms with Gasteiger partial charge in [-0.05, 0) is 23.7 Å². The zero-order valence-electron chi connectivity index (χ0n) is 10.1. The molecule has 0 unspecified atom stereocenters. The fraction of sp³-hybridized carbons (Fsp3) is 0.167. The molecule has 0 bridgehead atoms. The second-order valence-corrected chi connectivity index (χ2v) is 3.94. The van der Waals surface area contributed by atoms with Crippen LogP contribution in [-0.4, -0.2) is 28.0 Å². The second-order valence-electron chi connectivity index (χ2n) is 3.60. The number of aromatic nitrogens is 3.